The molecule has 0 fully saturated rings. The highest BCUT2D eigenvalue weighted by atomic mass is 35.5. The van der Waals surface area contributed by atoms with Gasteiger partial charge in [0.05, 0.1) is 17.1 Å². The van der Waals surface area contributed by atoms with E-state index in [2.05, 4.69) is 0 Å². The Morgan fingerprint density at radius 2 is 1.76 bits per heavy atom. The van der Waals surface area contributed by atoms with Gasteiger partial charge >= 0.3 is 6.18 Å². The molecule has 0 aliphatic rings. The summed E-state index contributed by atoms with van der Waals surface area (Å²) < 4.78 is 87.9. The van der Waals surface area contributed by atoms with Gasteiger partial charge in [-0.1, -0.05) is 11.6 Å². The standard InChI is InChI=1S/C10H9ClF5NO3S/c11-7-2-1-6(10(14,15)16)3-8(7)21(19,20)17-4-9(12,13)5-18/h1-3,17-18H,4-5H2. The van der Waals surface area contributed by atoms with Crippen molar-refractivity contribution in [3.8, 4) is 0 Å². The summed E-state index contributed by atoms with van der Waals surface area (Å²) in [6.45, 7) is -3.09. The van der Waals surface area contributed by atoms with Crippen molar-refractivity contribution in [3.63, 3.8) is 0 Å². The van der Waals surface area contributed by atoms with Crippen LogP contribution in [0, 0.1) is 0 Å². The second kappa shape index (κ2) is 6.03. The molecule has 0 aliphatic carbocycles. The summed E-state index contributed by atoms with van der Waals surface area (Å²) in [5.74, 6) is -3.75. The highest BCUT2D eigenvalue weighted by Crippen LogP contribution is 2.33. The molecule has 0 atom stereocenters. The summed E-state index contributed by atoms with van der Waals surface area (Å²) in [6, 6.07) is 1.49. The lowest BCUT2D eigenvalue weighted by molar-refractivity contribution is -0.137. The predicted octanol–water partition coefficient (Wildman–Crippen LogP) is 2.26. The average molecular weight is 354 g/mol. The van der Waals surface area contributed by atoms with Gasteiger partial charge in [0.15, 0.2) is 0 Å². The van der Waals surface area contributed by atoms with Gasteiger partial charge in [-0.2, -0.15) is 13.2 Å². The fourth-order valence-corrected chi connectivity index (χ4v) is 2.81. The van der Waals surface area contributed by atoms with E-state index in [4.69, 9.17) is 16.7 Å². The number of hydrogen-bond donors (Lipinski definition) is 2. The number of halogens is 6. The van der Waals surface area contributed by atoms with Gasteiger partial charge in [0.1, 0.15) is 11.5 Å². The van der Waals surface area contributed by atoms with E-state index in [1.165, 1.54) is 4.72 Å². The first-order valence-corrected chi connectivity index (χ1v) is 7.10. The highest BCUT2D eigenvalue weighted by molar-refractivity contribution is 7.89. The first-order chi connectivity index (χ1) is 9.39. The summed E-state index contributed by atoms with van der Waals surface area (Å²) in [6.07, 6.45) is -4.82. The molecular weight excluding hydrogens is 345 g/mol. The number of benzene rings is 1. The Bertz CT molecular complexity index is 618. The first-order valence-electron chi connectivity index (χ1n) is 5.24. The molecule has 0 heterocycles. The lowest BCUT2D eigenvalue weighted by atomic mass is 10.2. The minimum atomic E-state index is -4.82. The molecule has 1 aromatic carbocycles. The SMILES string of the molecule is O=S(=O)(NCC(F)(F)CO)c1cc(C(F)(F)F)ccc1Cl. The van der Waals surface area contributed by atoms with E-state index in [-0.39, 0.29) is 6.07 Å². The van der Waals surface area contributed by atoms with E-state index in [1.807, 2.05) is 0 Å². The molecule has 0 saturated heterocycles. The van der Waals surface area contributed by atoms with E-state index < -0.39 is 50.8 Å². The molecule has 0 saturated carbocycles. The molecule has 0 radical (unpaired) electrons. The molecule has 0 amide bonds. The van der Waals surface area contributed by atoms with Crippen LogP contribution in [-0.4, -0.2) is 32.6 Å². The normalized spacial score (nSPS) is 13.5. The fourth-order valence-electron chi connectivity index (χ4n) is 1.22. The van der Waals surface area contributed by atoms with Crippen LogP contribution in [0.3, 0.4) is 0 Å². The molecule has 4 nitrogen and oxygen atoms in total. The van der Waals surface area contributed by atoms with E-state index in [0.717, 1.165) is 0 Å². The molecule has 0 unspecified atom stereocenters. The lowest BCUT2D eigenvalue weighted by Crippen LogP contribution is -2.39. The minimum absolute atomic E-state index is 0.238. The van der Waals surface area contributed by atoms with E-state index >= 15 is 0 Å². The number of rotatable bonds is 5. The molecule has 2 N–H and O–H groups in total. The molecule has 11 heteroatoms. The summed E-state index contributed by atoms with van der Waals surface area (Å²) in [4.78, 5) is -0.979. The molecule has 21 heavy (non-hydrogen) atoms. The van der Waals surface area contributed by atoms with Crippen LogP contribution in [0.4, 0.5) is 22.0 Å². The van der Waals surface area contributed by atoms with Crippen molar-refractivity contribution in [2.45, 2.75) is 17.0 Å². The smallest absolute Gasteiger partial charge is 0.390 e. The number of aliphatic hydroxyl groups excluding tert-OH is 1. The van der Waals surface area contributed by atoms with Crippen molar-refractivity contribution in [2.75, 3.05) is 13.2 Å². The number of aliphatic hydroxyl groups is 1. The number of nitrogens with one attached hydrogen (secondary N) is 1. The second-order valence-corrected chi connectivity index (χ2v) is 6.12. The number of alkyl halides is 5. The Kier molecular flexibility index (Phi) is 5.19. The number of sulfonamides is 1. The van der Waals surface area contributed by atoms with Crippen LogP contribution >= 0.6 is 11.6 Å². The molecule has 0 aliphatic heterocycles. The average Bonchev–Trinajstić information content (AvgIpc) is 2.35. The van der Waals surface area contributed by atoms with Gasteiger partial charge in [-0.15, -0.1) is 0 Å². The Hall–Kier alpha value is -0.970. The molecular formula is C10H9ClF5NO3S. The Morgan fingerprint density at radius 3 is 2.24 bits per heavy atom. The minimum Gasteiger partial charge on any atom is -0.390 e. The first kappa shape index (κ1) is 18.1. The van der Waals surface area contributed by atoms with Crippen LogP contribution in [0.5, 0.6) is 0 Å². The monoisotopic (exact) mass is 353 g/mol. The maximum atomic E-state index is 12.8. The quantitative estimate of drug-likeness (QED) is 0.798. The molecule has 1 aromatic rings. The van der Waals surface area contributed by atoms with Gasteiger partial charge in [0.2, 0.25) is 10.0 Å². The molecule has 0 aromatic heterocycles. The zero-order chi connectivity index (χ0) is 16.5. The van der Waals surface area contributed by atoms with E-state index in [1.54, 1.807) is 0 Å². The van der Waals surface area contributed by atoms with Crippen molar-refractivity contribution in [1.29, 1.82) is 0 Å². The third-order valence-corrected chi connectivity index (χ3v) is 4.18. The highest BCUT2D eigenvalue weighted by Gasteiger charge is 2.34. The van der Waals surface area contributed by atoms with Crippen LogP contribution < -0.4 is 4.72 Å². The maximum absolute atomic E-state index is 12.8. The summed E-state index contributed by atoms with van der Waals surface area (Å²) in [7, 11) is -4.69. The van der Waals surface area contributed by atoms with Crippen LogP contribution in [0.25, 0.3) is 0 Å². The Morgan fingerprint density at radius 1 is 1.19 bits per heavy atom. The van der Waals surface area contributed by atoms with Crippen molar-refractivity contribution in [2.24, 2.45) is 0 Å². The van der Waals surface area contributed by atoms with Gasteiger partial charge in [0.25, 0.3) is 5.92 Å². The van der Waals surface area contributed by atoms with E-state index in [0.29, 0.717) is 12.1 Å². The summed E-state index contributed by atoms with van der Waals surface area (Å²) in [5, 5.41) is 7.75. The van der Waals surface area contributed by atoms with Crippen LogP contribution in [0.2, 0.25) is 5.02 Å². The third-order valence-electron chi connectivity index (χ3n) is 2.30. The molecule has 0 spiro atoms. The van der Waals surface area contributed by atoms with Crippen LogP contribution in [-0.2, 0) is 16.2 Å². The van der Waals surface area contributed by atoms with Gasteiger partial charge in [-0.05, 0) is 18.2 Å². The largest absolute Gasteiger partial charge is 0.416 e. The Labute approximate surface area is 121 Å². The van der Waals surface area contributed by atoms with Crippen LogP contribution in [0.15, 0.2) is 23.1 Å². The fraction of sp³-hybridized carbons (Fsp3) is 0.400. The van der Waals surface area contributed by atoms with Crippen molar-refractivity contribution in [3.05, 3.63) is 28.8 Å². The van der Waals surface area contributed by atoms with Crippen molar-refractivity contribution < 1.29 is 35.5 Å². The molecule has 1 rings (SSSR count). The Balaban J connectivity index is 3.14. The van der Waals surface area contributed by atoms with Crippen LogP contribution in [0.1, 0.15) is 5.56 Å². The second-order valence-electron chi connectivity index (χ2n) is 3.98. The maximum Gasteiger partial charge on any atom is 0.416 e. The summed E-state index contributed by atoms with van der Waals surface area (Å²) >= 11 is 5.49. The van der Waals surface area contributed by atoms with Crippen molar-refractivity contribution in [1.82, 2.24) is 4.72 Å². The zero-order valence-corrected chi connectivity index (χ0v) is 11.7. The predicted molar refractivity (Wildman–Crippen MR) is 63.7 cm³/mol. The topological polar surface area (TPSA) is 66.4 Å². The third kappa shape index (κ3) is 4.77. The van der Waals surface area contributed by atoms with Gasteiger partial charge in [-0.3, -0.25) is 0 Å². The van der Waals surface area contributed by atoms with Gasteiger partial charge in [-0.25, -0.2) is 21.9 Å². The lowest BCUT2D eigenvalue weighted by Gasteiger charge is -2.15. The summed E-state index contributed by atoms with van der Waals surface area (Å²) in [5.41, 5.74) is -1.29. The van der Waals surface area contributed by atoms with E-state index in [9.17, 15) is 30.4 Å². The zero-order valence-electron chi connectivity index (χ0n) is 10.1. The number of hydrogen-bond acceptors (Lipinski definition) is 3. The van der Waals surface area contributed by atoms with Gasteiger partial charge in [0, 0.05) is 0 Å². The van der Waals surface area contributed by atoms with Crippen molar-refractivity contribution >= 4 is 21.6 Å². The van der Waals surface area contributed by atoms with Gasteiger partial charge < -0.3 is 5.11 Å². The molecule has 120 valence electrons. The molecule has 0 bridgehead atoms.